The second-order valence-corrected chi connectivity index (χ2v) is 5.89. The van der Waals surface area contributed by atoms with Gasteiger partial charge in [0.2, 0.25) is 15.9 Å². The van der Waals surface area contributed by atoms with Crippen molar-refractivity contribution in [2.24, 2.45) is 0 Å². The number of nitrogens with zero attached hydrogens (tertiary/aromatic N) is 2. The number of sulfonamides is 1. The van der Waals surface area contributed by atoms with Gasteiger partial charge in [0.1, 0.15) is 0 Å². The lowest BCUT2D eigenvalue weighted by molar-refractivity contribution is 0.387. The summed E-state index contributed by atoms with van der Waals surface area (Å²) in [5, 5.41) is 3.67. The van der Waals surface area contributed by atoms with Gasteiger partial charge in [-0.3, -0.25) is 0 Å². The molecule has 1 N–H and O–H groups in total. The van der Waals surface area contributed by atoms with Crippen LogP contribution in [0.2, 0.25) is 0 Å². The molecule has 0 saturated carbocycles. The first kappa shape index (κ1) is 14.4. The zero-order valence-electron chi connectivity index (χ0n) is 9.65. The molecule has 0 aliphatic rings. The van der Waals surface area contributed by atoms with Crippen molar-refractivity contribution in [3.05, 3.63) is 11.7 Å². The molecule has 0 radical (unpaired) electrons. The molecule has 1 rings (SSSR count). The first-order valence-electron chi connectivity index (χ1n) is 5.36. The number of halogens is 1. The molecule has 8 heteroatoms. The van der Waals surface area contributed by atoms with E-state index in [1.54, 1.807) is 6.92 Å². The van der Waals surface area contributed by atoms with Gasteiger partial charge in [0.15, 0.2) is 5.82 Å². The number of unbranched alkanes of at least 4 members (excludes halogenated alkanes) is 1. The van der Waals surface area contributed by atoms with E-state index in [4.69, 9.17) is 16.1 Å². The fraction of sp³-hybridized carbons (Fsp3) is 0.778. The average Bonchev–Trinajstić information content (AvgIpc) is 2.64. The predicted octanol–water partition coefficient (Wildman–Crippen LogP) is 0.859. The van der Waals surface area contributed by atoms with Crippen LogP contribution in [0.25, 0.3) is 0 Å². The standard InChI is InChI=1S/C9H16ClN3O3S/c1-8-12-9(13-16-8)4-6-11-17(14,15)7-3-2-5-10/h11H,2-7H2,1H3. The second kappa shape index (κ2) is 6.93. The highest BCUT2D eigenvalue weighted by Crippen LogP contribution is 1.98. The van der Waals surface area contributed by atoms with Gasteiger partial charge in [0.25, 0.3) is 0 Å². The Hall–Kier alpha value is -0.660. The molecular weight excluding hydrogens is 266 g/mol. The topological polar surface area (TPSA) is 85.1 Å². The Balaban J connectivity index is 2.25. The van der Waals surface area contributed by atoms with Crippen LogP contribution in [-0.4, -0.2) is 36.7 Å². The number of aryl methyl sites for hydroxylation is 1. The Morgan fingerprint density at radius 1 is 1.41 bits per heavy atom. The van der Waals surface area contributed by atoms with Gasteiger partial charge in [0.05, 0.1) is 5.75 Å². The molecule has 0 unspecified atom stereocenters. The third-order valence-corrected chi connectivity index (χ3v) is 3.77. The molecule has 0 aromatic carbocycles. The maximum Gasteiger partial charge on any atom is 0.223 e. The van der Waals surface area contributed by atoms with Crippen LogP contribution in [0.5, 0.6) is 0 Å². The van der Waals surface area contributed by atoms with Crippen LogP contribution in [0.1, 0.15) is 24.6 Å². The number of aromatic nitrogens is 2. The van der Waals surface area contributed by atoms with Crippen molar-refractivity contribution in [1.29, 1.82) is 0 Å². The molecule has 0 aliphatic heterocycles. The SMILES string of the molecule is Cc1nc(CCNS(=O)(=O)CCCCCl)no1. The van der Waals surface area contributed by atoms with Crippen LogP contribution in [0, 0.1) is 6.92 Å². The minimum Gasteiger partial charge on any atom is -0.340 e. The van der Waals surface area contributed by atoms with Crippen LogP contribution in [-0.2, 0) is 16.4 Å². The van der Waals surface area contributed by atoms with Gasteiger partial charge in [-0.1, -0.05) is 5.16 Å². The van der Waals surface area contributed by atoms with Crippen molar-refractivity contribution in [3.63, 3.8) is 0 Å². The van der Waals surface area contributed by atoms with Crippen molar-refractivity contribution in [2.45, 2.75) is 26.2 Å². The molecule has 0 saturated heterocycles. The summed E-state index contributed by atoms with van der Waals surface area (Å²) in [4.78, 5) is 3.98. The third kappa shape index (κ3) is 5.99. The van der Waals surface area contributed by atoms with E-state index in [-0.39, 0.29) is 12.3 Å². The minimum absolute atomic E-state index is 0.102. The maximum absolute atomic E-state index is 11.5. The lowest BCUT2D eigenvalue weighted by Gasteiger charge is -2.04. The lowest BCUT2D eigenvalue weighted by Crippen LogP contribution is -2.28. The zero-order chi connectivity index (χ0) is 12.7. The predicted molar refractivity (Wildman–Crippen MR) is 64.5 cm³/mol. The second-order valence-electron chi connectivity index (χ2n) is 3.59. The Kier molecular flexibility index (Phi) is 5.87. The van der Waals surface area contributed by atoms with E-state index in [0.29, 0.717) is 36.9 Å². The summed E-state index contributed by atoms with van der Waals surface area (Å²) in [6.07, 6.45) is 1.69. The quantitative estimate of drug-likeness (QED) is 0.564. The van der Waals surface area contributed by atoms with E-state index in [9.17, 15) is 8.42 Å². The molecular formula is C9H16ClN3O3S. The first-order valence-corrected chi connectivity index (χ1v) is 7.54. The summed E-state index contributed by atoms with van der Waals surface area (Å²) in [7, 11) is -3.21. The summed E-state index contributed by atoms with van der Waals surface area (Å²) >= 11 is 5.47. The van der Waals surface area contributed by atoms with Gasteiger partial charge < -0.3 is 4.52 Å². The Labute approximate surface area is 106 Å². The van der Waals surface area contributed by atoms with E-state index in [1.165, 1.54) is 0 Å². The summed E-state index contributed by atoms with van der Waals surface area (Å²) in [6, 6.07) is 0. The summed E-state index contributed by atoms with van der Waals surface area (Å²) < 4.78 is 30.2. The molecule has 0 aliphatic carbocycles. The van der Waals surface area contributed by atoms with Crippen molar-refractivity contribution in [2.75, 3.05) is 18.2 Å². The molecule has 17 heavy (non-hydrogen) atoms. The number of alkyl halides is 1. The summed E-state index contributed by atoms with van der Waals surface area (Å²) in [5.41, 5.74) is 0. The van der Waals surface area contributed by atoms with Crippen LogP contribution in [0.15, 0.2) is 4.52 Å². The summed E-state index contributed by atoms with van der Waals surface area (Å²) in [6.45, 7) is 1.97. The molecule has 1 aromatic rings. The first-order chi connectivity index (χ1) is 8.03. The molecule has 0 atom stereocenters. The summed E-state index contributed by atoms with van der Waals surface area (Å²) in [5.74, 6) is 1.57. The van der Waals surface area contributed by atoms with Crippen LogP contribution in [0.4, 0.5) is 0 Å². The number of rotatable bonds is 8. The fourth-order valence-electron chi connectivity index (χ4n) is 1.22. The van der Waals surface area contributed by atoms with Crippen LogP contribution in [0.3, 0.4) is 0 Å². The highest BCUT2D eigenvalue weighted by molar-refractivity contribution is 7.89. The molecule has 0 amide bonds. The van der Waals surface area contributed by atoms with Crippen molar-refractivity contribution < 1.29 is 12.9 Å². The van der Waals surface area contributed by atoms with E-state index < -0.39 is 10.0 Å². The highest BCUT2D eigenvalue weighted by Gasteiger charge is 2.10. The number of hydrogen-bond donors (Lipinski definition) is 1. The van der Waals surface area contributed by atoms with Crippen molar-refractivity contribution >= 4 is 21.6 Å². The lowest BCUT2D eigenvalue weighted by atomic mass is 10.4. The van der Waals surface area contributed by atoms with E-state index >= 15 is 0 Å². The van der Waals surface area contributed by atoms with Gasteiger partial charge in [-0.2, -0.15) is 4.98 Å². The highest BCUT2D eigenvalue weighted by atomic mass is 35.5. The fourth-order valence-corrected chi connectivity index (χ4v) is 2.55. The molecule has 1 heterocycles. The van der Waals surface area contributed by atoms with Crippen LogP contribution < -0.4 is 4.72 Å². The smallest absolute Gasteiger partial charge is 0.223 e. The van der Waals surface area contributed by atoms with Gasteiger partial charge in [-0.05, 0) is 12.8 Å². The largest absolute Gasteiger partial charge is 0.340 e. The minimum atomic E-state index is -3.21. The Morgan fingerprint density at radius 2 is 2.18 bits per heavy atom. The van der Waals surface area contributed by atoms with Crippen molar-refractivity contribution in [1.82, 2.24) is 14.9 Å². The molecule has 98 valence electrons. The Morgan fingerprint density at radius 3 is 2.76 bits per heavy atom. The molecule has 0 spiro atoms. The average molecular weight is 282 g/mol. The molecule has 6 nitrogen and oxygen atoms in total. The van der Waals surface area contributed by atoms with Gasteiger partial charge in [-0.25, -0.2) is 13.1 Å². The maximum atomic E-state index is 11.5. The normalized spacial score (nSPS) is 11.9. The third-order valence-electron chi connectivity index (χ3n) is 2.04. The zero-order valence-corrected chi connectivity index (χ0v) is 11.2. The van der Waals surface area contributed by atoms with Crippen LogP contribution >= 0.6 is 11.6 Å². The monoisotopic (exact) mass is 281 g/mol. The van der Waals surface area contributed by atoms with E-state index in [2.05, 4.69) is 14.9 Å². The van der Waals surface area contributed by atoms with Crippen molar-refractivity contribution in [3.8, 4) is 0 Å². The van der Waals surface area contributed by atoms with Gasteiger partial charge in [-0.15, -0.1) is 11.6 Å². The van der Waals surface area contributed by atoms with Gasteiger partial charge >= 0.3 is 0 Å². The van der Waals surface area contributed by atoms with Gasteiger partial charge in [0, 0.05) is 25.8 Å². The molecule has 0 bridgehead atoms. The molecule has 0 fully saturated rings. The molecule has 1 aromatic heterocycles. The number of nitrogens with one attached hydrogen (secondary N) is 1. The van der Waals surface area contributed by atoms with E-state index in [1.807, 2.05) is 0 Å². The Bertz CT molecular complexity index is 432. The number of hydrogen-bond acceptors (Lipinski definition) is 5. The van der Waals surface area contributed by atoms with E-state index in [0.717, 1.165) is 0 Å².